The molecule has 0 amide bonds. The first-order valence-electron chi connectivity index (χ1n) is 7.17. The van der Waals surface area contributed by atoms with Crippen LogP contribution >= 0.6 is 0 Å². The van der Waals surface area contributed by atoms with Crippen molar-refractivity contribution in [1.29, 1.82) is 0 Å². The van der Waals surface area contributed by atoms with E-state index in [-0.39, 0.29) is 0 Å². The number of hydrogen-bond acceptors (Lipinski definition) is 1. The summed E-state index contributed by atoms with van der Waals surface area (Å²) in [5, 5.41) is 0. The van der Waals surface area contributed by atoms with Gasteiger partial charge in [-0.1, -0.05) is 20.8 Å². The molecule has 0 aromatic rings. The molecule has 1 heteroatoms. The van der Waals surface area contributed by atoms with E-state index in [0.29, 0.717) is 16.4 Å². The van der Waals surface area contributed by atoms with Crippen molar-refractivity contribution in [2.75, 3.05) is 6.61 Å². The van der Waals surface area contributed by atoms with Gasteiger partial charge in [0.2, 0.25) is 0 Å². The lowest BCUT2D eigenvalue weighted by Crippen LogP contribution is -2.53. The van der Waals surface area contributed by atoms with Gasteiger partial charge in [-0.2, -0.15) is 0 Å². The van der Waals surface area contributed by atoms with Crippen molar-refractivity contribution < 1.29 is 4.74 Å². The Morgan fingerprint density at radius 2 is 1.88 bits per heavy atom. The van der Waals surface area contributed by atoms with Crippen LogP contribution < -0.4 is 0 Å². The Kier molecular flexibility index (Phi) is 1.57. The standard InChI is InChI=1S/C15H24O/c1-10-4-5-12-14(10)7-6-11(8-14)13(2,3)15(12)9-16-15/h10-12H,4-9H2,1-3H3/t10-,11+,12-,14-,15+/m0/s1. The van der Waals surface area contributed by atoms with Crippen LogP contribution in [0, 0.1) is 28.6 Å². The zero-order chi connectivity index (χ0) is 11.2. The Bertz CT molecular complexity index is 341. The maximum Gasteiger partial charge on any atom is 0.100 e. The highest BCUT2D eigenvalue weighted by molar-refractivity contribution is 5.23. The third-order valence-corrected chi connectivity index (χ3v) is 7.28. The molecule has 1 nitrogen and oxygen atoms in total. The van der Waals surface area contributed by atoms with Crippen LogP contribution in [-0.2, 0) is 4.74 Å². The molecule has 3 saturated carbocycles. The van der Waals surface area contributed by atoms with Crippen molar-refractivity contribution in [1.82, 2.24) is 0 Å². The summed E-state index contributed by atoms with van der Waals surface area (Å²) in [5.74, 6) is 2.79. The van der Waals surface area contributed by atoms with Gasteiger partial charge in [-0.25, -0.2) is 0 Å². The molecule has 4 rings (SSSR count). The van der Waals surface area contributed by atoms with E-state index < -0.39 is 0 Å². The Hall–Kier alpha value is -0.0400. The Morgan fingerprint density at radius 1 is 1.12 bits per heavy atom. The van der Waals surface area contributed by atoms with E-state index in [2.05, 4.69) is 20.8 Å². The maximum absolute atomic E-state index is 6.09. The predicted octanol–water partition coefficient (Wildman–Crippen LogP) is 3.63. The van der Waals surface area contributed by atoms with Gasteiger partial charge in [0.25, 0.3) is 0 Å². The summed E-state index contributed by atoms with van der Waals surface area (Å²) in [5.41, 5.74) is 1.44. The second-order valence-electron chi connectivity index (χ2n) is 7.60. The Morgan fingerprint density at radius 3 is 2.56 bits per heavy atom. The monoisotopic (exact) mass is 220 g/mol. The molecule has 1 aliphatic heterocycles. The van der Waals surface area contributed by atoms with E-state index in [9.17, 15) is 0 Å². The molecule has 90 valence electrons. The van der Waals surface area contributed by atoms with Gasteiger partial charge < -0.3 is 4.74 Å². The highest BCUT2D eigenvalue weighted by Gasteiger charge is 2.75. The lowest BCUT2D eigenvalue weighted by atomic mass is 9.52. The van der Waals surface area contributed by atoms with Gasteiger partial charge in [-0.05, 0) is 60.7 Å². The minimum atomic E-state index is 0.303. The van der Waals surface area contributed by atoms with Crippen LogP contribution in [0.1, 0.15) is 52.9 Å². The fourth-order valence-electron chi connectivity index (χ4n) is 5.96. The van der Waals surface area contributed by atoms with E-state index in [1.807, 2.05) is 0 Å². The summed E-state index contributed by atoms with van der Waals surface area (Å²) < 4.78 is 6.09. The van der Waals surface area contributed by atoms with E-state index >= 15 is 0 Å². The van der Waals surface area contributed by atoms with Crippen LogP contribution in [0.3, 0.4) is 0 Å². The average Bonchev–Trinajstić information content (AvgIpc) is 2.82. The van der Waals surface area contributed by atoms with Crippen LogP contribution in [0.5, 0.6) is 0 Å². The van der Waals surface area contributed by atoms with E-state index in [1.165, 1.54) is 32.1 Å². The zero-order valence-corrected chi connectivity index (χ0v) is 10.9. The van der Waals surface area contributed by atoms with Crippen molar-refractivity contribution in [3.63, 3.8) is 0 Å². The molecular formula is C15H24O. The minimum Gasteiger partial charge on any atom is -0.369 e. The summed E-state index contributed by atoms with van der Waals surface area (Å²) in [6.45, 7) is 8.55. The zero-order valence-electron chi connectivity index (χ0n) is 10.9. The summed E-state index contributed by atoms with van der Waals surface area (Å²) in [6.07, 6.45) is 7.38. The van der Waals surface area contributed by atoms with Crippen molar-refractivity contribution in [2.24, 2.45) is 28.6 Å². The predicted molar refractivity (Wildman–Crippen MR) is 64.1 cm³/mol. The number of hydrogen-bond donors (Lipinski definition) is 0. The lowest BCUT2D eigenvalue weighted by molar-refractivity contribution is -0.0610. The van der Waals surface area contributed by atoms with Crippen molar-refractivity contribution in [3.05, 3.63) is 0 Å². The molecule has 2 spiro atoms. The van der Waals surface area contributed by atoms with Gasteiger partial charge in [-0.15, -0.1) is 0 Å². The molecule has 0 unspecified atom stereocenters. The Labute approximate surface area is 98.9 Å². The van der Waals surface area contributed by atoms with Crippen molar-refractivity contribution in [3.8, 4) is 0 Å². The normalized spacial score (nSPS) is 61.3. The van der Waals surface area contributed by atoms with Crippen LogP contribution in [-0.4, -0.2) is 12.2 Å². The van der Waals surface area contributed by atoms with Crippen LogP contribution in [0.15, 0.2) is 0 Å². The summed E-state index contributed by atoms with van der Waals surface area (Å²) in [4.78, 5) is 0. The van der Waals surface area contributed by atoms with Gasteiger partial charge >= 0.3 is 0 Å². The van der Waals surface area contributed by atoms with Crippen LogP contribution in [0.2, 0.25) is 0 Å². The van der Waals surface area contributed by atoms with Gasteiger partial charge in [-0.3, -0.25) is 0 Å². The molecule has 2 bridgehead atoms. The SMILES string of the molecule is C[C@H]1CC[C@H]2[C@]13CC[C@H](C3)C(C)(C)[C@@]21CO1. The highest BCUT2D eigenvalue weighted by Crippen LogP contribution is 2.75. The molecule has 4 aliphatic rings. The van der Waals surface area contributed by atoms with Gasteiger partial charge in [0, 0.05) is 0 Å². The molecule has 5 atom stereocenters. The minimum absolute atomic E-state index is 0.303. The number of epoxide rings is 1. The Balaban J connectivity index is 1.86. The first-order chi connectivity index (χ1) is 7.53. The second-order valence-corrected chi connectivity index (χ2v) is 7.60. The van der Waals surface area contributed by atoms with E-state index in [0.717, 1.165) is 24.4 Å². The number of ether oxygens (including phenoxy) is 1. The summed E-state index contributed by atoms with van der Waals surface area (Å²) in [7, 11) is 0. The van der Waals surface area contributed by atoms with Crippen LogP contribution in [0.4, 0.5) is 0 Å². The molecule has 0 aromatic heterocycles. The first kappa shape index (κ1) is 9.94. The molecule has 1 heterocycles. The van der Waals surface area contributed by atoms with E-state index in [1.54, 1.807) is 0 Å². The molecule has 16 heavy (non-hydrogen) atoms. The number of rotatable bonds is 0. The molecule has 0 aromatic carbocycles. The molecule has 4 fully saturated rings. The van der Waals surface area contributed by atoms with Gasteiger partial charge in [0.1, 0.15) is 5.60 Å². The quantitative estimate of drug-likeness (QED) is 0.568. The highest BCUT2D eigenvalue weighted by atomic mass is 16.6. The molecular weight excluding hydrogens is 196 g/mol. The maximum atomic E-state index is 6.09. The fraction of sp³-hybridized carbons (Fsp3) is 1.00. The third-order valence-electron chi connectivity index (χ3n) is 7.28. The smallest absolute Gasteiger partial charge is 0.100 e. The topological polar surface area (TPSA) is 12.5 Å². The van der Waals surface area contributed by atoms with Gasteiger partial charge in [0.05, 0.1) is 6.61 Å². The van der Waals surface area contributed by atoms with Crippen molar-refractivity contribution in [2.45, 2.75) is 58.5 Å². The largest absolute Gasteiger partial charge is 0.369 e. The van der Waals surface area contributed by atoms with E-state index in [4.69, 9.17) is 4.74 Å². The molecule has 0 radical (unpaired) electrons. The molecule has 3 aliphatic carbocycles. The molecule has 0 N–H and O–H groups in total. The first-order valence-corrected chi connectivity index (χ1v) is 7.17. The summed E-state index contributed by atoms with van der Waals surface area (Å²) in [6, 6.07) is 0. The molecule has 1 saturated heterocycles. The lowest BCUT2D eigenvalue weighted by Gasteiger charge is -2.51. The van der Waals surface area contributed by atoms with Gasteiger partial charge in [0.15, 0.2) is 0 Å². The second kappa shape index (κ2) is 2.53. The van der Waals surface area contributed by atoms with Crippen LogP contribution in [0.25, 0.3) is 0 Å². The van der Waals surface area contributed by atoms with Crippen molar-refractivity contribution >= 4 is 0 Å². The summed E-state index contributed by atoms with van der Waals surface area (Å²) >= 11 is 0. The third kappa shape index (κ3) is 0.805. The number of fused-ring (bicyclic) bond motifs is 2. The average molecular weight is 220 g/mol. The fourth-order valence-corrected chi connectivity index (χ4v) is 5.96.